The molecule has 0 atom stereocenters. The molecular formula is C14H17N5O3. The van der Waals surface area contributed by atoms with Gasteiger partial charge in [-0.2, -0.15) is 5.10 Å². The van der Waals surface area contributed by atoms with Crippen LogP contribution in [0.1, 0.15) is 34.5 Å². The van der Waals surface area contributed by atoms with E-state index in [1.165, 1.54) is 12.1 Å². The number of hydrogen-bond donors (Lipinski definition) is 4. The number of H-pyrrole nitrogens is 1. The molecule has 4 N–H and O–H groups in total. The highest BCUT2D eigenvalue weighted by Crippen LogP contribution is 2.04. The van der Waals surface area contributed by atoms with Crippen molar-refractivity contribution >= 4 is 12.0 Å². The molecule has 2 amide bonds. The summed E-state index contributed by atoms with van der Waals surface area (Å²) in [5.41, 5.74) is 1.03. The van der Waals surface area contributed by atoms with E-state index in [-0.39, 0.29) is 18.1 Å². The van der Waals surface area contributed by atoms with Gasteiger partial charge in [0.05, 0.1) is 12.1 Å². The third kappa shape index (κ3) is 4.30. The van der Waals surface area contributed by atoms with Gasteiger partial charge >= 0.3 is 12.0 Å². The minimum atomic E-state index is -0.976. The maximum Gasteiger partial charge on any atom is 0.335 e. The first-order chi connectivity index (χ1) is 10.6. The van der Waals surface area contributed by atoms with Gasteiger partial charge in [0.2, 0.25) is 0 Å². The molecule has 1 aromatic carbocycles. The lowest BCUT2D eigenvalue weighted by Crippen LogP contribution is -2.34. The number of benzene rings is 1. The van der Waals surface area contributed by atoms with E-state index >= 15 is 0 Å². The average molecular weight is 303 g/mol. The number of carboxylic acid groups (broad SMARTS) is 1. The zero-order valence-electron chi connectivity index (χ0n) is 12.1. The number of aromatic amines is 1. The number of urea groups is 1. The summed E-state index contributed by atoms with van der Waals surface area (Å²) in [5, 5.41) is 20.9. The van der Waals surface area contributed by atoms with Gasteiger partial charge in [-0.1, -0.05) is 19.1 Å². The summed E-state index contributed by atoms with van der Waals surface area (Å²) in [6, 6.07) is 5.98. The van der Waals surface area contributed by atoms with Gasteiger partial charge in [-0.05, 0) is 17.7 Å². The van der Waals surface area contributed by atoms with Gasteiger partial charge in [-0.25, -0.2) is 14.6 Å². The van der Waals surface area contributed by atoms with Gasteiger partial charge < -0.3 is 15.7 Å². The lowest BCUT2D eigenvalue weighted by atomic mass is 10.1. The number of nitrogens with zero attached hydrogens (tertiary/aromatic N) is 2. The third-order valence-electron chi connectivity index (χ3n) is 2.96. The van der Waals surface area contributed by atoms with Crippen LogP contribution in [0.3, 0.4) is 0 Å². The van der Waals surface area contributed by atoms with Crippen molar-refractivity contribution < 1.29 is 14.7 Å². The lowest BCUT2D eigenvalue weighted by molar-refractivity contribution is 0.0697. The molecule has 0 aliphatic carbocycles. The molecule has 116 valence electrons. The van der Waals surface area contributed by atoms with Crippen molar-refractivity contribution in [1.29, 1.82) is 0 Å². The van der Waals surface area contributed by atoms with E-state index in [9.17, 15) is 9.59 Å². The van der Waals surface area contributed by atoms with Gasteiger partial charge in [0, 0.05) is 13.0 Å². The molecule has 0 bridgehead atoms. The predicted molar refractivity (Wildman–Crippen MR) is 78.2 cm³/mol. The van der Waals surface area contributed by atoms with E-state index in [4.69, 9.17) is 5.11 Å². The van der Waals surface area contributed by atoms with Crippen molar-refractivity contribution in [2.24, 2.45) is 0 Å². The SMILES string of the molecule is CCc1n[nH]c(CNC(=O)NCc2ccc(C(=O)O)cc2)n1. The molecule has 2 rings (SSSR count). The van der Waals surface area contributed by atoms with Crippen LogP contribution in [-0.4, -0.2) is 32.3 Å². The lowest BCUT2D eigenvalue weighted by Gasteiger charge is -2.06. The number of aromatic nitrogens is 3. The fraction of sp³-hybridized carbons (Fsp3) is 0.286. The zero-order valence-corrected chi connectivity index (χ0v) is 12.1. The van der Waals surface area contributed by atoms with Crippen LogP contribution in [0, 0.1) is 0 Å². The van der Waals surface area contributed by atoms with Crippen LogP contribution in [0.4, 0.5) is 4.79 Å². The van der Waals surface area contributed by atoms with Gasteiger partial charge in [0.25, 0.3) is 0 Å². The number of carbonyl (C=O) groups excluding carboxylic acids is 1. The maximum absolute atomic E-state index is 11.7. The Bertz CT molecular complexity index is 651. The minimum Gasteiger partial charge on any atom is -0.478 e. The first-order valence-electron chi connectivity index (χ1n) is 6.82. The normalized spacial score (nSPS) is 10.2. The summed E-state index contributed by atoms with van der Waals surface area (Å²) >= 11 is 0. The number of carboxylic acids is 1. The van der Waals surface area contributed by atoms with Crippen molar-refractivity contribution in [2.45, 2.75) is 26.4 Å². The summed E-state index contributed by atoms with van der Waals surface area (Å²) in [7, 11) is 0. The van der Waals surface area contributed by atoms with E-state index < -0.39 is 5.97 Å². The molecule has 0 saturated heterocycles. The van der Waals surface area contributed by atoms with Gasteiger partial charge in [-0.3, -0.25) is 5.10 Å². The third-order valence-corrected chi connectivity index (χ3v) is 2.96. The van der Waals surface area contributed by atoms with E-state index in [0.717, 1.165) is 12.0 Å². The van der Waals surface area contributed by atoms with E-state index in [1.54, 1.807) is 12.1 Å². The Kier molecular flexibility index (Phi) is 5.07. The van der Waals surface area contributed by atoms with E-state index in [0.29, 0.717) is 18.2 Å². The van der Waals surface area contributed by atoms with Crippen LogP contribution in [0.25, 0.3) is 0 Å². The number of rotatable bonds is 6. The Hall–Kier alpha value is -2.90. The molecule has 0 spiro atoms. The Morgan fingerprint density at radius 3 is 2.45 bits per heavy atom. The van der Waals surface area contributed by atoms with Crippen molar-refractivity contribution in [3.05, 3.63) is 47.0 Å². The number of amides is 2. The van der Waals surface area contributed by atoms with Crippen molar-refractivity contribution in [1.82, 2.24) is 25.8 Å². The topological polar surface area (TPSA) is 120 Å². The fourth-order valence-corrected chi connectivity index (χ4v) is 1.75. The second-order valence-electron chi connectivity index (χ2n) is 4.59. The second-order valence-corrected chi connectivity index (χ2v) is 4.59. The molecule has 8 heteroatoms. The highest BCUT2D eigenvalue weighted by Gasteiger charge is 2.05. The fourth-order valence-electron chi connectivity index (χ4n) is 1.75. The van der Waals surface area contributed by atoms with Gasteiger partial charge in [0.15, 0.2) is 5.82 Å². The summed E-state index contributed by atoms with van der Waals surface area (Å²) in [6.45, 7) is 2.52. The summed E-state index contributed by atoms with van der Waals surface area (Å²) in [4.78, 5) is 26.6. The van der Waals surface area contributed by atoms with Crippen LogP contribution in [0.15, 0.2) is 24.3 Å². The highest BCUT2D eigenvalue weighted by molar-refractivity contribution is 5.87. The van der Waals surface area contributed by atoms with Gasteiger partial charge in [0.1, 0.15) is 5.82 Å². The largest absolute Gasteiger partial charge is 0.478 e. The van der Waals surface area contributed by atoms with E-state index in [2.05, 4.69) is 25.8 Å². The molecule has 2 aromatic rings. The molecule has 0 unspecified atom stereocenters. The molecule has 22 heavy (non-hydrogen) atoms. The zero-order chi connectivity index (χ0) is 15.9. The Morgan fingerprint density at radius 2 is 1.86 bits per heavy atom. The van der Waals surface area contributed by atoms with Crippen molar-refractivity contribution in [3.63, 3.8) is 0 Å². The van der Waals surface area contributed by atoms with Crippen LogP contribution in [0.2, 0.25) is 0 Å². The molecular weight excluding hydrogens is 286 g/mol. The minimum absolute atomic E-state index is 0.213. The quantitative estimate of drug-likeness (QED) is 0.636. The molecule has 1 heterocycles. The summed E-state index contributed by atoms with van der Waals surface area (Å²) < 4.78 is 0. The monoisotopic (exact) mass is 303 g/mol. The number of aryl methyl sites for hydroxylation is 1. The molecule has 0 radical (unpaired) electrons. The molecule has 0 aliphatic rings. The van der Waals surface area contributed by atoms with E-state index in [1.807, 2.05) is 6.92 Å². The molecule has 0 fully saturated rings. The Labute approximate surface area is 127 Å². The van der Waals surface area contributed by atoms with Crippen molar-refractivity contribution in [2.75, 3.05) is 0 Å². The molecule has 1 aromatic heterocycles. The standard InChI is InChI=1S/C14H17N5O3/c1-2-11-17-12(19-18-11)8-16-14(22)15-7-9-3-5-10(6-4-9)13(20)21/h3-6H,2,7-8H2,1H3,(H,20,21)(H2,15,16,22)(H,17,18,19). The summed E-state index contributed by atoms with van der Waals surface area (Å²) in [6.07, 6.45) is 0.731. The first kappa shape index (κ1) is 15.5. The number of nitrogens with one attached hydrogen (secondary N) is 3. The molecule has 0 aliphatic heterocycles. The predicted octanol–water partition coefficient (Wildman–Crippen LogP) is 1.06. The number of hydrogen-bond acceptors (Lipinski definition) is 4. The summed E-state index contributed by atoms with van der Waals surface area (Å²) in [5.74, 6) is 0.323. The van der Waals surface area contributed by atoms with Gasteiger partial charge in [-0.15, -0.1) is 0 Å². The van der Waals surface area contributed by atoms with Crippen LogP contribution in [0.5, 0.6) is 0 Å². The Morgan fingerprint density at radius 1 is 1.18 bits per heavy atom. The van der Waals surface area contributed by atoms with Crippen LogP contribution in [-0.2, 0) is 19.5 Å². The average Bonchev–Trinajstić information content (AvgIpc) is 2.99. The highest BCUT2D eigenvalue weighted by atomic mass is 16.4. The second kappa shape index (κ2) is 7.21. The van der Waals surface area contributed by atoms with Crippen molar-refractivity contribution in [3.8, 4) is 0 Å². The van der Waals surface area contributed by atoms with Crippen LogP contribution >= 0.6 is 0 Å². The number of aromatic carboxylic acids is 1. The van der Waals surface area contributed by atoms with Crippen LogP contribution < -0.4 is 10.6 Å². The Balaban J connectivity index is 1.76. The molecule has 0 saturated carbocycles. The first-order valence-corrected chi connectivity index (χ1v) is 6.82. The number of carbonyl (C=O) groups is 2. The molecule has 8 nitrogen and oxygen atoms in total. The smallest absolute Gasteiger partial charge is 0.335 e. The maximum atomic E-state index is 11.7.